The van der Waals surface area contributed by atoms with Gasteiger partial charge in [0.05, 0.1) is 11.5 Å². The Morgan fingerprint density at radius 2 is 1.12 bits per heavy atom. The number of ether oxygens (including phenoxy) is 2. The summed E-state index contributed by atoms with van der Waals surface area (Å²) in [6, 6.07) is 0. The SMILES string of the molecule is C#CCOS(=O)(=O)CCCCOC.C#CCOS(=O)(=O)CCCOC. The van der Waals surface area contributed by atoms with Gasteiger partial charge in [0.25, 0.3) is 20.2 Å². The molecule has 0 radical (unpaired) electrons. The second kappa shape index (κ2) is 16.3. The van der Waals surface area contributed by atoms with E-state index in [-0.39, 0.29) is 24.7 Å². The number of methoxy groups -OCH3 is 2. The van der Waals surface area contributed by atoms with Gasteiger partial charge >= 0.3 is 0 Å². The van der Waals surface area contributed by atoms with E-state index in [9.17, 15) is 16.8 Å². The lowest BCUT2D eigenvalue weighted by atomic mass is 10.4. The fourth-order valence-electron chi connectivity index (χ4n) is 1.27. The van der Waals surface area contributed by atoms with E-state index < -0.39 is 20.2 Å². The summed E-state index contributed by atoms with van der Waals surface area (Å²) in [7, 11) is -3.78. The van der Waals surface area contributed by atoms with E-state index in [1.807, 2.05) is 0 Å². The van der Waals surface area contributed by atoms with Gasteiger partial charge in [0.15, 0.2) is 0 Å². The quantitative estimate of drug-likeness (QED) is 0.249. The highest BCUT2D eigenvalue weighted by molar-refractivity contribution is 7.86. The summed E-state index contributed by atoms with van der Waals surface area (Å²) < 4.78 is 62.1. The maximum Gasteiger partial charge on any atom is 0.268 e. The Labute approximate surface area is 151 Å². The van der Waals surface area contributed by atoms with Crippen molar-refractivity contribution in [3.8, 4) is 24.7 Å². The molecule has 0 aliphatic heterocycles. The topological polar surface area (TPSA) is 105 Å². The third kappa shape index (κ3) is 20.8. The molecule has 0 saturated heterocycles. The van der Waals surface area contributed by atoms with E-state index in [1.165, 1.54) is 7.11 Å². The van der Waals surface area contributed by atoms with Crippen LogP contribution in [0.3, 0.4) is 0 Å². The Morgan fingerprint density at radius 3 is 1.52 bits per heavy atom. The van der Waals surface area contributed by atoms with Gasteiger partial charge in [-0.3, -0.25) is 8.37 Å². The van der Waals surface area contributed by atoms with E-state index in [0.717, 1.165) is 0 Å². The first kappa shape index (κ1) is 26.1. The van der Waals surface area contributed by atoms with Gasteiger partial charge in [-0.2, -0.15) is 16.8 Å². The Balaban J connectivity index is 0. The standard InChI is InChI=1S/C8H14O4S.C7H12O4S/c1-3-6-12-13(9,10)8-5-4-7-11-2;1-3-5-11-12(8,9)7-4-6-10-2/h1H,4-8H2,2H3;1H,4-7H2,2H3. The van der Waals surface area contributed by atoms with Crippen LogP contribution >= 0.6 is 0 Å². The third-order valence-electron chi connectivity index (χ3n) is 2.38. The van der Waals surface area contributed by atoms with Crippen LogP contribution in [0.25, 0.3) is 0 Å². The van der Waals surface area contributed by atoms with Crippen LogP contribution in [0.5, 0.6) is 0 Å². The lowest BCUT2D eigenvalue weighted by molar-refractivity contribution is 0.194. The first-order chi connectivity index (χ1) is 11.7. The molecular formula is C15H26O8S2. The van der Waals surface area contributed by atoms with Crippen molar-refractivity contribution in [2.75, 3.05) is 52.2 Å². The molecule has 0 aromatic heterocycles. The summed E-state index contributed by atoms with van der Waals surface area (Å²) in [6.45, 7) is 0.575. The molecule has 0 aromatic rings. The number of hydrogen-bond donors (Lipinski definition) is 0. The zero-order valence-electron chi connectivity index (χ0n) is 14.6. The molecule has 0 saturated carbocycles. The number of unbranched alkanes of at least 4 members (excludes halogenated alkanes) is 1. The number of rotatable bonds is 13. The van der Waals surface area contributed by atoms with Gasteiger partial charge in [-0.15, -0.1) is 12.8 Å². The maximum atomic E-state index is 11.0. The monoisotopic (exact) mass is 398 g/mol. The highest BCUT2D eigenvalue weighted by Crippen LogP contribution is 1.99. The van der Waals surface area contributed by atoms with Gasteiger partial charge in [-0.25, -0.2) is 0 Å². The smallest absolute Gasteiger partial charge is 0.268 e. The Hall–Kier alpha value is -1.14. The highest BCUT2D eigenvalue weighted by atomic mass is 32.2. The van der Waals surface area contributed by atoms with Crippen molar-refractivity contribution in [3.63, 3.8) is 0 Å². The van der Waals surface area contributed by atoms with Crippen LogP contribution in [0.4, 0.5) is 0 Å². The summed E-state index contributed by atoms with van der Waals surface area (Å²) in [5.74, 6) is 4.13. The molecule has 8 nitrogen and oxygen atoms in total. The molecule has 0 fully saturated rings. The molecule has 146 valence electrons. The van der Waals surface area contributed by atoms with Crippen molar-refractivity contribution in [2.45, 2.75) is 19.3 Å². The van der Waals surface area contributed by atoms with Crippen molar-refractivity contribution in [3.05, 3.63) is 0 Å². The molecule has 10 heteroatoms. The van der Waals surface area contributed by atoms with Crippen molar-refractivity contribution < 1.29 is 34.7 Å². The molecule has 0 bridgehead atoms. The van der Waals surface area contributed by atoms with Crippen LogP contribution in [0.1, 0.15) is 19.3 Å². The molecule has 0 rings (SSSR count). The van der Waals surface area contributed by atoms with Crippen molar-refractivity contribution >= 4 is 20.2 Å². The van der Waals surface area contributed by atoms with E-state index >= 15 is 0 Å². The van der Waals surface area contributed by atoms with Gasteiger partial charge in [-0.1, -0.05) is 11.8 Å². The lowest BCUT2D eigenvalue weighted by Gasteiger charge is -2.01. The van der Waals surface area contributed by atoms with Gasteiger partial charge in [-0.05, 0) is 19.3 Å². The summed E-state index contributed by atoms with van der Waals surface area (Å²) in [6.07, 6.45) is 11.3. The Bertz CT molecular complexity index is 596. The summed E-state index contributed by atoms with van der Waals surface area (Å²) in [4.78, 5) is 0. The predicted molar refractivity (Wildman–Crippen MR) is 94.7 cm³/mol. The number of terminal acetylenes is 2. The van der Waals surface area contributed by atoms with E-state index in [2.05, 4.69) is 24.9 Å². The van der Waals surface area contributed by atoms with Crippen LogP contribution in [-0.4, -0.2) is 69.0 Å². The van der Waals surface area contributed by atoms with Crippen LogP contribution in [0.15, 0.2) is 0 Å². The van der Waals surface area contributed by atoms with Crippen molar-refractivity contribution in [2.24, 2.45) is 0 Å². The second-order valence-corrected chi connectivity index (χ2v) is 8.02. The largest absolute Gasteiger partial charge is 0.385 e. The molecule has 0 aliphatic carbocycles. The fourth-order valence-corrected chi connectivity index (χ4v) is 3.03. The Morgan fingerprint density at radius 1 is 0.720 bits per heavy atom. The van der Waals surface area contributed by atoms with Crippen molar-refractivity contribution in [1.82, 2.24) is 0 Å². The normalized spacial score (nSPS) is 11.0. The zero-order valence-corrected chi connectivity index (χ0v) is 16.2. The molecule has 0 spiro atoms. The molecule has 0 N–H and O–H groups in total. The van der Waals surface area contributed by atoms with Gasteiger partial charge < -0.3 is 9.47 Å². The number of hydrogen-bond acceptors (Lipinski definition) is 8. The van der Waals surface area contributed by atoms with E-state index in [0.29, 0.717) is 32.5 Å². The molecule has 0 atom stereocenters. The average molecular weight is 398 g/mol. The average Bonchev–Trinajstić information content (AvgIpc) is 2.56. The molecule has 25 heavy (non-hydrogen) atoms. The molecule has 0 amide bonds. The van der Waals surface area contributed by atoms with Crippen LogP contribution in [0.2, 0.25) is 0 Å². The second-order valence-electron chi connectivity index (χ2n) is 4.50. The summed E-state index contributed by atoms with van der Waals surface area (Å²) in [5, 5.41) is 0. The van der Waals surface area contributed by atoms with Gasteiger partial charge in [0.1, 0.15) is 13.2 Å². The van der Waals surface area contributed by atoms with E-state index in [4.69, 9.17) is 17.6 Å². The Kier molecular flexibility index (Phi) is 17.0. The third-order valence-corrected chi connectivity index (χ3v) is 4.91. The first-order valence-electron chi connectivity index (χ1n) is 7.33. The van der Waals surface area contributed by atoms with E-state index in [1.54, 1.807) is 7.11 Å². The highest BCUT2D eigenvalue weighted by Gasteiger charge is 2.09. The molecule has 0 aromatic carbocycles. The summed E-state index contributed by atoms with van der Waals surface area (Å²) in [5.41, 5.74) is 0. The van der Waals surface area contributed by atoms with Crippen LogP contribution in [-0.2, 0) is 38.1 Å². The fraction of sp³-hybridized carbons (Fsp3) is 0.733. The minimum absolute atomic E-state index is 0.00194. The van der Waals surface area contributed by atoms with Crippen LogP contribution < -0.4 is 0 Å². The zero-order chi connectivity index (χ0) is 19.6. The minimum atomic E-state index is -3.44. The van der Waals surface area contributed by atoms with Gasteiger partial charge in [0, 0.05) is 27.4 Å². The van der Waals surface area contributed by atoms with Gasteiger partial charge in [0.2, 0.25) is 0 Å². The minimum Gasteiger partial charge on any atom is -0.385 e. The summed E-state index contributed by atoms with van der Waals surface area (Å²) >= 11 is 0. The molecule has 0 unspecified atom stereocenters. The predicted octanol–water partition coefficient (Wildman–Crippen LogP) is 0.395. The van der Waals surface area contributed by atoms with Crippen molar-refractivity contribution in [1.29, 1.82) is 0 Å². The lowest BCUT2D eigenvalue weighted by Crippen LogP contribution is -2.12. The molecular weight excluding hydrogens is 372 g/mol. The molecule has 0 aliphatic rings. The maximum absolute atomic E-state index is 11.0. The molecule has 0 heterocycles. The first-order valence-corrected chi connectivity index (χ1v) is 10.5. The van der Waals surface area contributed by atoms with Crippen LogP contribution in [0, 0.1) is 24.7 Å².